The summed E-state index contributed by atoms with van der Waals surface area (Å²) in [6.45, 7) is -1.74. The lowest BCUT2D eigenvalue weighted by atomic mass is 10.2. The minimum atomic E-state index is -4.58. The number of alkyl halides is 6. The molecule has 0 radical (unpaired) electrons. The summed E-state index contributed by atoms with van der Waals surface area (Å²) in [5, 5.41) is 3.41. The molecule has 29 heavy (non-hydrogen) atoms. The molecule has 2 heterocycles. The van der Waals surface area contributed by atoms with Crippen LogP contribution in [0.3, 0.4) is 0 Å². The van der Waals surface area contributed by atoms with Gasteiger partial charge in [0.15, 0.2) is 5.69 Å². The van der Waals surface area contributed by atoms with Crippen molar-refractivity contribution in [3.8, 4) is 5.69 Å². The predicted molar refractivity (Wildman–Crippen MR) is 86.0 cm³/mol. The normalized spacial score (nSPS) is 12.2. The summed E-state index contributed by atoms with van der Waals surface area (Å²) in [5.74, 6) is -0.905. The molecule has 154 valence electrons. The fourth-order valence-electron chi connectivity index (χ4n) is 2.40. The minimum absolute atomic E-state index is 0.0610. The van der Waals surface area contributed by atoms with Crippen molar-refractivity contribution >= 4 is 5.97 Å². The van der Waals surface area contributed by atoms with Crippen molar-refractivity contribution in [2.75, 3.05) is 0 Å². The van der Waals surface area contributed by atoms with Crippen LogP contribution in [-0.2, 0) is 24.1 Å². The molecule has 3 aromatic rings. The van der Waals surface area contributed by atoms with E-state index < -0.39 is 37.2 Å². The van der Waals surface area contributed by atoms with E-state index >= 15 is 0 Å². The molecule has 12 heteroatoms. The van der Waals surface area contributed by atoms with Gasteiger partial charge in [-0.1, -0.05) is 0 Å². The van der Waals surface area contributed by atoms with E-state index in [1.807, 2.05) is 0 Å². The van der Waals surface area contributed by atoms with Crippen LogP contribution in [0.4, 0.5) is 26.3 Å². The number of benzene rings is 1. The number of carbonyl (C=O) groups excluding carboxylic acids is 1. The average Bonchev–Trinajstić information content (AvgIpc) is 3.28. The summed E-state index contributed by atoms with van der Waals surface area (Å²) < 4.78 is 82.0. The van der Waals surface area contributed by atoms with Gasteiger partial charge in [0.2, 0.25) is 0 Å². The molecule has 0 aliphatic heterocycles. The summed E-state index contributed by atoms with van der Waals surface area (Å²) >= 11 is 0. The highest BCUT2D eigenvalue weighted by molar-refractivity contribution is 5.89. The zero-order chi connectivity index (χ0) is 21.2. The molecule has 1 aromatic carbocycles. The van der Waals surface area contributed by atoms with Crippen LogP contribution in [-0.4, -0.2) is 31.5 Å². The van der Waals surface area contributed by atoms with Gasteiger partial charge in [-0.05, 0) is 30.3 Å². The van der Waals surface area contributed by atoms with E-state index in [1.54, 1.807) is 0 Å². The Kier molecular flexibility index (Phi) is 5.36. The lowest BCUT2D eigenvalue weighted by Crippen LogP contribution is -2.20. The van der Waals surface area contributed by atoms with Crippen molar-refractivity contribution in [1.82, 2.24) is 19.3 Å². The van der Waals surface area contributed by atoms with E-state index in [1.165, 1.54) is 24.3 Å². The van der Waals surface area contributed by atoms with Crippen LogP contribution in [0.15, 0.2) is 48.9 Å². The first-order valence-corrected chi connectivity index (χ1v) is 8.00. The van der Waals surface area contributed by atoms with Crippen LogP contribution in [0.1, 0.15) is 21.9 Å². The van der Waals surface area contributed by atoms with Gasteiger partial charge >= 0.3 is 18.3 Å². The molecule has 0 bridgehead atoms. The molecule has 0 spiro atoms. The largest absolute Gasteiger partial charge is 0.454 e. The Morgan fingerprint density at radius 3 is 2.28 bits per heavy atom. The Labute approximate surface area is 159 Å². The highest BCUT2D eigenvalue weighted by Gasteiger charge is 2.33. The molecule has 2 aromatic heterocycles. The Morgan fingerprint density at radius 2 is 1.69 bits per heavy atom. The van der Waals surface area contributed by atoms with Gasteiger partial charge in [-0.2, -0.15) is 31.4 Å². The maximum atomic E-state index is 12.6. The molecule has 0 fully saturated rings. The second kappa shape index (κ2) is 7.60. The van der Waals surface area contributed by atoms with Crippen LogP contribution in [0.25, 0.3) is 5.69 Å². The quantitative estimate of drug-likeness (QED) is 0.464. The van der Waals surface area contributed by atoms with Gasteiger partial charge in [-0.3, -0.25) is 0 Å². The fourth-order valence-corrected chi connectivity index (χ4v) is 2.40. The number of esters is 1. The first-order valence-electron chi connectivity index (χ1n) is 8.00. The Hall–Kier alpha value is -3.31. The minimum Gasteiger partial charge on any atom is -0.454 e. The lowest BCUT2D eigenvalue weighted by Gasteiger charge is -2.11. The number of aromatic nitrogens is 4. The van der Waals surface area contributed by atoms with Gasteiger partial charge in [-0.15, -0.1) is 0 Å². The summed E-state index contributed by atoms with van der Waals surface area (Å²) in [5.41, 5.74) is -0.723. The maximum Gasteiger partial charge on any atom is 0.435 e. The molecule has 0 amide bonds. The van der Waals surface area contributed by atoms with E-state index in [9.17, 15) is 31.1 Å². The standard InChI is InChI=1S/C17H12F6N4O2/c18-16(19,20)10-26-8-6-24-14(26)9-29-15(28)11-1-3-12(4-2-11)27-7-5-13(25-27)17(21,22)23/h1-8H,9-10H2. The van der Waals surface area contributed by atoms with Crippen LogP contribution < -0.4 is 0 Å². The number of carbonyl (C=O) groups is 1. The van der Waals surface area contributed by atoms with Crippen LogP contribution in [0.5, 0.6) is 0 Å². The average molecular weight is 418 g/mol. The van der Waals surface area contributed by atoms with Crippen molar-refractivity contribution in [1.29, 1.82) is 0 Å². The van der Waals surface area contributed by atoms with Gasteiger partial charge in [0, 0.05) is 18.6 Å². The van der Waals surface area contributed by atoms with E-state index in [-0.39, 0.29) is 17.1 Å². The number of imidazole rings is 1. The summed E-state index contributed by atoms with van der Waals surface area (Å²) in [6, 6.07) is 6.12. The second-order valence-corrected chi connectivity index (χ2v) is 5.85. The third-order valence-corrected chi connectivity index (χ3v) is 3.73. The summed E-state index contributed by atoms with van der Waals surface area (Å²) in [4.78, 5) is 15.8. The molecular weight excluding hydrogens is 406 g/mol. The van der Waals surface area contributed by atoms with Crippen LogP contribution in [0.2, 0.25) is 0 Å². The monoisotopic (exact) mass is 418 g/mol. The van der Waals surface area contributed by atoms with Crippen molar-refractivity contribution in [3.63, 3.8) is 0 Å². The molecule has 3 rings (SSSR count). The van der Waals surface area contributed by atoms with Gasteiger partial charge in [-0.25, -0.2) is 14.5 Å². The lowest BCUT2D eigenvalue weighted by molar-refractivity contribution is -0.142. The number of nitrogens with zero attached hydrogens (tertiary/aromatic N) is 4. The first-order chi connectivity index (χ1) is 13.5. The molecule has 6 nitrogen and oxygen atoms in total. The number of hydrogen-bond donors (Lipinski definition) is 0. The second-order valence-electron chi connectivity index (χ2n) is 5.85. The molecule has 0 atom stereocenters. The number of ether oxygens (including phenoxy) is 1. The summed E-state index contributed by atoms with van der Waals surface area (Å²) in [6.07, 6.45) is -5.63. The SMILES string of the molecule is O=C(OCc1nccn1CC(F)(F)F)c1ccc(-n2ccc(C(F)(F)F)n2)cc1. The highest BCUT2D eigenvalue weighted by atomic mass is 19.4. The number of hydrogen-bond acceptors (Lipinski definition) is 4. The molecule has 0 saturated carbocycles. The van der Waals surface area contributed by atoms with Crippen LogP contribution >= 0.6 is 0 Å². The maximum absolute atomic E-state index is 12.6. The fraction of sp³-hybridized carbons (Fsp3) is 0.235. The van der Waals surface area contributed by atoms with E-state index in [4.69, 9.17) is 4.74 Å². The number of rotatable bonds is 5. The zero-order valence-corrected chi connectivity index (χ0v) is 14.4. The van der Waals surface area contributed by atoms with E-state index in [0.29, 0.717) is 0 Å². The third-order valence-electron chi connectivity index (χ3n) is 3.73. The van der Waals surface area contributed by atoms with Gasteiger partial charge in [0.1, 0.15) is 19.0 Å². The predicted octanol–water partition coefficient (Wildman–Crippen LogP) is 4.01. The number of halogens is 6. The highest BCUT2D eigenvalue weighted by Crippen LogP contribution is 2.28. The third kappa shape index (κ3) is 5.15. The van der Waals surface area contributed by atoms with Crippen molar-refractivity contribution < 1.29 is 35.9 Å². The molecule has 0 aliphatic rings. The van der Waals surface area contributed by atoms with E-state index in [2.05, 4.69) is 10.1 Å². The van der Waals surface area contributed by atoms with Crippen LogP contribution in [0, 0.1) is 0 Å². The molecule has 0 unspecified atom stereocenters. The Balaban J connectivity index is 1.64. The molecule has 0 saturated heterocycles. The molecule has 0 N–H and O–H groups in total. The Bertz CT molecular complexity index is 989. The summed E-state index contributed by atoms with van der Waals surface area (Å²) in [7, 11) is 0. The van der Waals surface area contributed by atoms with Gasteiger partial charge in [0.05, 0.1) is 11.3 Å². The van der Waals surface area contributed by atoms with Crippen molar-refractivity contribution in [2.45, 2.75) is 25.5 Å². The van der Waals surface area contributed by atoms with Gasteiger partial charge < -0.3 is 9.30 Å². The smallest absolute Gasteiger partial charge is 0.435 e. The topological polar surface area (TPSA) is 61.9 Å². The molecular formula is C17H12F6N4O2. The first kappa shape index (κ1) is 20.4. The molecule has 0 aliphatic carbocycles. The van der Waals surface area contributed by atoms with E-state index in [0.717, 1.165) is 33.9 Å². The van der Waals surface area contributed by atoms with Crippen molar-refractivity contribution in [2.24, 2.45) is 0 Å². The Morgan fingerprint density at radius 1 is 1.00 bits per heavy atom. The van der Waals surface area contributed by atoms with Crippen molar-refractivity contribution in [3.05, 3.63) is 66.0 Å². The van der Waals surface area contributed by atoms with Gasteiger partial charge in [0.25, 0.3) is 0 Å². The zero-order valence-electron chi connectivity index (χ0n) is 14.4.